The van der Waals surface area contributed by atoms with Crippen molar-refractivity contribution in [3.05, 3.63) is 56.8 Å². The molecule has 2 amide bonds. The van der Waals surface area contributed by atoms with E-state index in [-0.39, 0.29) is 40.6 Å². The van der Waals surface area contributed by atoms with Gasteiger partial charge in [-0.05, 0) is 25.2 Å². The lowest BCUT2D eigenvalue weighted by molar-refractivity contribution is 0.0171. The van der Waals surface area contributed by atoms with Crippen molar-refractivity contribution in [3.8, 4) is 0 Å². The van der Waals surface area contributed by atoms with Crippen LogP contribution in [-0.4, -0.2) is 45.3 Å². The summed E-state index contributed by atoms with van der Waals surface area (Å²) in [7, 11) is 0. The number of amides is 2. The Kier molecular flexibility index (Phi) is 3.98. The van der Waals surface area contributed by atoms with Crippen LogP contribution >= 0.6 is 0 Å². The van der Waals surface area contributed by atoms with Crippen molar-refractivity contribution in [1.82, 2.24) is 20.2 Å². The van der Waals surface area contributed by atoms with Crippen LogP contribution in [0.3, 0.4) is 0 Å². The van der Waals surface area contributed by atoms with E-state index in [9.17, 15) is 19.2 Å². The third kappa shape index (κ3) is 2.85. The Hall–Kier alpha value is -3.10. The lowest BCUT2D eigenvalue weighted by atomic mass is 9.76. The Bertz CT molecular complexity index is 958. The van der Waals surface area contributed by atoms with Gasteiger partial charge in [0.25, 0.3) is 11.8 Å². The van der Waals surface area contributed by atoms with Gasteiger partial charge in [-0.1, -0.05) is 0 Å². The Morgan fingerprint density at radius 1 is 1.27 bits per heavy atom. The molecule has 3 aliphatic rings. The van der Waals surface area contributed by atoms with E-state index in [0.29, 0.717) is 6.54 Å². The first-order chi connectivity index (χ1) is 12.5. The topological polar surface area (TPSA) is 128 Å². The van der Waals surface area contributed by atoms with E-state index in [1.165, 1.54) is 18.5 Å². The number of rotatable bonds is 3. The van der Waals surface area contributed by atoms with E-state index >= 15 is 0 Å². The van der Waals surface area contributed by atoms with Crippen LogP contribution in [-0.2, 0) is 0 Å². The van der Waals surface area contributed by atoms with Crippen LogP contribution in [0.4, 0.5) is 0 Å². The van der Waals surface area contributed by atoms with Gasteiger partial charge in [0.2, 0.25) is 0 Å². The summed E-state index contributed by atoms with van der Waals surface area (Å²) in [4.78, 5) is 54.9. The van der Waals surface area contributed by atoms with Gasteiger partial charge >= 0.3 is 5.76 Å². The molecule has 2 aliphatic heterocycles. The molecule has 4 heterocycles. The number of oxazole rings is 1. The minimum atomic E-state index is -0.677. The lowest BCUT2D eigenvalue weighted by Crippen LogP contribution is -2.62. The minimum Gasteiger partial charge on any atom is -0.416 e. The van der Waals surface area contributed by atoms with Gasteiger partial charge in [-0.3, -0.25) is 19.4 Å². The average Bonchev–Trinajstić information content (AvgIpc) is 3.08. The molecule has 2 aromatic heterocycles. The molecule has 9 nitrogen and oxygen atoms in total. The predicted molar refractivity (Wildman–Crippen MR) is 89.8 cm³/mol. The van der Waals surface area contributed by atoms with Crippen molar-refractivity contribution >= 4 is 11.8 Å². The van der Waals surface area contributed by atoms with E-state index in [0.717, 1.165) is 25.5 Å². The first-order valence-electron chi connectivity index (χ1n) is 8.49. The van der Waals surface area contributed by atoms with Crippen molar-refractivity contribution in [2.24, 2.45) is 5.92 Å². The highest BCUT2D eigenvalue weighted by Gasteiger charge is 2.44. The van der Waals surface area contributed by atoms with Crippen molar-refractivity contribution in [2.75, 3.05) is 6.54 Å². The SMILES string of the molecule is O=C(NC1CC2CCC1N(C(=O)c1coc(=O)[nH]1)C2)c1c[nH]ccc1=O. The summed E-state index contributed by atoms with van der Waals surface area (Å²) < 4.78 is 4.65. The number of hydrogen-bond donors (Lipinski definition) is 3. The number of H-pyrrole nitrogens is 2. The standard InChI is InChI=1S/C17H18N4O5/c22-14-3-4-18-6-10(14)15(23)19-11-5-9-1-2-13(11)21(7-9)16(24)12-8-26-17(25)20-12/h3-4,6,8-9,11,13H,1-2,5,7H2,(H,18,22)(H,19,23)(H,20,25). The second-order valence-electron chi connectivity index (χ2n) is 6.77. The quantitative estimate of drug-likeness (QED) is 0.716. The Morgan fingerprint density at radius 3 is 2.81 bits per heavy atom. The lowest BCUT2D eigenvalue weighted by Gasteiger charge is -2.49. The number of piperidine rings is 2. The maximum Gasteiger partial charge on any atom is 0.416 e. The van der Waals surface area contributed by atoms with Crippen LogP contribution < -0.4 is 16.5 Å². The molecule has 0 aromatic carbocycles. The normalized spacial score (nSPS) is 24.5. The van der Waals surface area contributed by atoms with E-state index in [1.807, 2.05) is 0 Å². The fourth-order valence-electron chi connectivity index (χ4n) is 3.96. The number of pyridine rings is 1. The third-order valence-corrected chi connectivity index (χ3v) is 5.17. The Labute approximate surface area is 147 Å². The highest BCUT2D eigenvalue weighted by Crippen LogP contribution is 2.36. The summed E-state index contributed by atoms with van der Waals surface area (Å²) in [6.45, 7) is 0.578. The summed E-state index contributed by atoms with van der Waals surface area (Å²) in [5.41, 5.74) is -0.204. The first-order valence-corrected chi connectivity index (χ1v) is 8.49. The van der Waals surface area contributed by atoms with Crippen molar-refractivity contribution in [2.45, 2.75) is 31.3 Å². The highest BCUT2D eigenvalue weighted by molar-refractivity contribution is 5.94. The zero-order valence-electron chi connectivity index (χ0n) is 13.9. The van der Waals surface area contributed by atoms with Gasteiger partial charge in [0.1, 0.15) is 17.5 Å². The molecule has 2 bridgehead atoms. The van der Waals surface area contributed by atoms with Crippen molar-refractivity contribution < 1.29 is 14.0 Å². The van der Waals surface area contributed by atoms with Crippen LogP contribution in [0.2, 0.25) is 0 Å². The highest BCUT2D eigenvalue weighted by atomic mass is 16.4. The van der Waals surface area contributed by atoms with Crippen molar-refractivity contribution in [3.63, 3.8) is 0 Å². The molecule has 136 valence electrons. The van der Waals surface area contributed by atoms with Crippen LogP contribution in [0.5, 0.6) is 0 Å². The first kappa shape index (κ1) is 16.4. The molecule has 3 atom stereocenters. The molecule has 3 N–H and O–H groups in total. The number of aromatic amines is 2. The van der Waals surface area contributed by atoms with Crippen LogP contribution in [0, 0.1) is 5.92 Å². The summed E-state index contributed by atoms with van der Waals surface area (Å²) in [6.07, 6.45) is 6.45. The zero-order chi connectivity index (χ0) is 18.3. The molecule has 5 rings (SSSR count). The largest absolute Gasteiger partial charge is 0.416 e. The Balaban J connectivity index is 1.54. The zero-order valence-corrected chi connectivity index (χ0v) is 13.9. The summed E-state index contributed by atoms with van der Waals surface area (Å²) in [5, 5.41) is 2.90. The third-order valence-electron chi connectivity index (χ3n) is 5.17. The number of fused-ring (bicyclic) bond motifs is 3. The molecular weight excluding hydrogens is 340 g/mol. The summed E-state index contributed by atoms with van der Waals surface area (Å²) in [6, 6.07) is 0.877. The molecule has 26 heavy (non-hydrogen) atoms. The smallest absolute Gasteiger partial charge is 0.416 e. The van der Waals surface area contributed by atoms with Gasteiger partial charge in [0, 0.05) is 31.0 Å². The van der Waals surface area contributed by atoms with Crippen molar-refractivity contribution in [1.29, 1.82) is 0 Å². The molecule has 2 aromatic rings. The molecule has 9 heteroatoms. The van der Waals surface area contributed by atoms with E-state index in [1.54, 1.807) is 4.90 Å². The van der Waals surface area contributed by atoms with E-state index < -0.39 is 11.7 Å². The second-order valence-corrected chi connectivity index (χ2v) is 6.77. The molecular formula is C17H18N4O5. The fourth-order valence-corrected chi connectivity index (χ4v) is 3.96. The number of hydrogen-bond acceptors (Lipinski definition) is 5. The van der Waals surface area contributed by atoms with Crippen LogP contribution in [0.25, 0.3) is 0 Å². The summed E-state index contributed by atoms with van der Waals surface area (Å²) >= 11 is 0. The molecule has 1 saturated carbocycles. The number of carbonyl (C=O) groups is 2. The molecule has 1 aliphatic carbocycles. The van der Waals surface area contributed by atoms with E-state index in [2.05, 4.69) is 19.7 Å². The molecule has 3 fully saturated rings. The molecule has 0 radical (unpaired) electrons. The average molecular weight is 358 g/mol. The van der Waals surface area contributed by atoms with Gasteiger partial charge in [-0.15, -0.1) is 0 Å². The monoisotopic (exact) mass is 358 g/mol. The van der Waals surface area contributed by atoms with Gasteiger partial charge in [-0.25, -0.2) is 4.79 Å². The number of aromatic nitrogens is 2. The van der Waals surface area contributed by atoms with Gasteiger partial charge in [-0.2, -0.15) is 0 Å². The maximum absolute atomic E-state index is 12.7. The van der Waals surface area contributed by atoms with Crippen LogP contribution in [0.1, 0.15) is 40.1 Å². The number of nitrogens with one attached hydrogen (secondary N) is 3. The predicted octanol–water partition coefficient (Wildman–Crippen LogP) is 0.0793. The summed E-state index contributed by atoms with van der Waals surface area (Å²) in [5.74, 6) is -1.18. The minimum absolute atomic E-state index is 0.0472. The molecule has 0 spiro atoms. The van der Waals surface area contributed by atoms with Gasteiger partial charge in [0.05, 0.1) is 6.04 Å². The van der Waals surface area contributed by atoms with E-state index in [4.69, 9.17) is 0 Å². The fraction of sp³-hybridized carbons (Fsp3) is 0.412. The number of nitrogens with zero attached hydrogens (tertiary/aromatic N) is 1. The maximum atomic E-state index is 12.7. The number of carbonyl (C=O) groups excluding carboxylic acids is 2. The van der Waals surface area contributed by atoms with Gasteiger partial charge in [0.15, 0.2) is 5.43 Å². The second kappa shape index (κ2) is 6.32. The molecule has 3 unspecified atom stereocenters. The Morgan fingerprint density at radius 2 is 2.12 bits per heavy atom. The van der Waals surface area contributed by atoms with Gasteiger partial charge < -0.3 is 19.6 Å². The van der Waals surface area contributed by atoms with Crippen LogP contribution in [0.15, 0.2) is 38.7 Å². The molecule has 2 saturated heterocycles.